The van der Waals surface area contributed by atoms with Gasteiger partial charge < -0.3 is 9.84 Å². The van der Waals surface area contributed by atoms with Crippen molar-refractivity contribution in [2.24, 2.45) is 5.92 Å². The summed E-state index contributed by atoms with van der Waals surface area (Å²) in [6.07, 6.45) is 3.34. The van der Waals surface area contributed by atoms with Crippen LogP contribution >= 0.6 is 11.6 Å². The Bertz CT molecular complexity index is 611. The van der Waals surface area contributed by atoms with Gasteiger partial charge in [0.2, 0.25) is 5.89 Å². The van der Waals surface area contributed by atoms with Gasteiger partial charge in [-0.05, 0) is 43.5 Å². The summed E-state index contributed by atoms with van der Waals surface area (Å²) in [7, 11) is 0. The first-order chi connectivity index (χ1) is 10.2. The van der Waals surface area contributed by atoms with Crippen molar-refractivity contribution in [1.29, 1.82) is 0 Å². The zero-order valence-electron chi connectivity index (χ0n) is 11.6. The van der Waals surface area contributed by atoms with Crippen molar-refractivity contribution in [2.75, 3.05) is 13.1 Å². The summed E-state index contributed by atoms with van der Waals surface area (Å²) in [6.45, 7) is 2.08. The molecule has 3 rings (SSSR count). The first-order valence-electron chi connectivity index (χ1n) is 7.17. The number of hydrogen-bond acceptors (Lipinski definition) is 4. The Kier molecular flexibility index (Phi) is 4.51. The number of piperidine rings is 1. The van der Waals surface area contributed by atoms with Gasteiger partial charge in [0.05, 0.1) is 5.02 Å². The van der Waals surface area contributed by atoms with Crippen LogP contribution in [0, 0.1) is 11.7 Å². The highest BCUT2D eigenvalue weighted by Crippen LogP contribution is 2.21. The van der Waals surface area contributed by atoms with Crippen LogP contribution in [0.1, 0.15) is 30.1 Å². The van der Waals surface area contributed by atoms with Crippen molar-refractivity contribution >= 4 is 11.6 Å². The molecular formula is C15H17ClFN3O. The van der Waals surface area contributed by atoms with Crippen LogP contribution < -0.4 is 5.32 Å². The molecule has 1 fully saturated rings. The molecule has 0 bridgehead atoms. The molecule has 1 aliphatic heterocycles. The molecule has 1 N–H and O–H groups in total. The van der Waals surface area contributed by atoms with E-state index in [1.165, 1.54) is 6.07 Å². The largest absolute Gasteiger partial charge is 0.339 e. The monoisotopic (exact) mass is 309 g/mol. The van der Waals surface area contributed by atoms with E-state index in [9.17, 15) is 4.39 Å². The number of aromatic nitrogens is 2. The van der Waals surface area contributed by atoms with E-state index in [2.05, 4.69) is 15.5 Å². The van der Waals surface area contributed by atoms with Gasteiger partial charge in [0.25, 0.3) is 0 Å². The van der Waals surface area contributed by atoms with E-state index in [4.69, 9.17) is 16.1 Å². The van der Waals surface area contributed by atoms with Crippen molar-refractivity contribution in [2.45, 2.75) is 25.7 Å². The average molecular weight is 310 g/mol. The lowest BCUT2D eigenvalue weighted by molar-refractivity contribution is 0.312. The van der Waals surface area contributed by atoms with E-state index in [1.54, 1.807) is 12.1 Å². The Labute approximate surface area is 127 Å². The maximum atomic E-state index is 13.8. The smallest absolute Gasteiger partial charge is 0.226 e. The van der Waals surface area contributed by atoms with Gasteiger partial charge in [0, 0.05) is 12.8 Å². The standard InChI is InChI=1S/C15H17ClFN3O/c16-12-3-1-2-11(15(12)17)9-13-19-14(21-20-13)8-10-4-6-18-7-5-10/h1-3,10,18H,4-9H2. The Hall–Kier alpha value is -1.46. The fourth-order valence-electron chi connectivity index (χ4n) is 2.63. The van der Waals surface area contributed by atoms with E-state index in [1.807, 2.05) is 0 Å². The molecule has 0 unspecified atom stereocenters. The minimum atomic E-state index is -0.413. The minimum absolute atomic E-state index is 0.117. The number of benzene rings is 1. The van der Waals surface area contributed by atoms with Crippen LogP contribution in [0.15, 0.2) is 22.7 Å². The zero-order chi connectivity index (χ0) is 14.7. The molecule has 0 saturated carbocycles. The van der Waals surface area contributed by atoms with Gasteiger partial charge in [-0.3, -0.25) is 0 Å². The van der Waals surface area contributed by atoms with Gasteiger partial charge in [-0.1, -0.05) is 28.9 Å². The van der Waals surface area contributed by atoms with Crippen LogP contribution in [-0.2, 0) is 12.8 Å². The third kappa shape index (κ3) is 3.60. The highest BCUT2D eigenvalue weighted by Gasteiger charge is 2.18. The number of halogens is 2. The average Bonchev–Trinajstić information content (AvgIpc) is 2.92. The molecule has 0 spiro atoms. The number of hydrogen-bond donors (Lipinski definition) is 1. The van der Waals surface area contributed by atoms with Gasteiger partial charge >= 0.3 is 0 Å². The molecule has 4 nitrogen and oxygen atoms in total. The number of nitrogens with zero attached hydrogens (tertiary/aromatic N) is 2. The normalized spacial score (nSPS) is 16.3. The van der Waals surface area contributed by atoms with Crippen LogP contribution in [0.25, 0.3) is 0 Å². The summed E-state index contributed by atoms with van der Waals surface area (Å²) in [5.41, 5.74) is 0.483. The van der Waals surface area contributed by atoms with E-state index >= 15 is 0 Å². The molecule has 2 aromatic rings. The van der Waals surface area contributed by atoms with Gasteiger partial charge in [-0.25, -0.2) is 4.39 Å². The van der Waals surface area contributed by atoms with Gasteiger partial charge in [0.15, 0.2) is 5.82 Å². The first kappa shape index (κ1) is 14.5. The summed E-state index contributed by atoms with van der Waals surface area (Å²) in [4.78, 5) is 4.36. The molecule has 1 aromatic heterocycles. The Morgan fingerprint density at radius 2 is 2.14 bits per heavy atom. The summed E-state index contributed by atoms with van der Waals surface area (Å²) in [6, 6.07) is 4.93. The van der Waals surface area contributed by atoms with E-state index < -0.39 is 5.82 Å². The van der Waals surface area contributed by atoms with Crippen molar-refractivity contribution in [3.63, 3.8) is 0 Å². The van der Waals surface area contributed by atoms with Crippen molar-refractivity contribution in [3.05, 3.63) is 46.3 Å². The molecule has 0 atom stereocenters. The topological polar surface area (TPSA) is 51.0 Å². The molecule has 0 amide bonds. The van der Waals surface area contributed by atoms with Crippen molar-refractivity contribution in [1.82, 2.24) is 15.5 Å². The second-order valence-corrected chi connectivity index (χ2v) is 5.80. The number of rotatable bonds is 4. The van der Waals surface area contributed by atoms with E-state index in [-0.39, 0.29) is 5.02 Å². The molecule has 2 heterocycles. The molecule has 1 aliphatic rings. The molecule has 0 aliphatic carbocycles. The summed E-state index contributed by atoms with van der Waals surface area (Å²) in [5.74, 6) is 1.31. The molecule has 6 heteroatoms. The molecule has 1 saturated heterocycles. The summed E-state index contributed by atoms with van der Waals surface area (Å²) >= 11 is 5.77. The van der Waals surface area contributed by atoms with E-state index in [0.29, 0.717) is 29.6 Å². The predicted molar refractivity (Wildman–Crippen MR) is 77.8 cm³/mol. The lowest BCUT2D eigenvalue weighted by Gasteiger charge is -2.20. The van der Waals surface area contributed by atoms with Gasteiger partial charge in [-0.2, -0.15) is 4.98 Å². The highest BCUT2D eigenvalue weighted by atomic mass is 35.5. The summed E-state index contributed by atoms with van der Waals surface area (Å²) < 4.78 is 19.1. The molecule has 1 aromatic carbocycles. The molecule has 21 heavy (non-hydrogen) atoms. The second-order valence-electron chi connectivity index (χ2n) is 5.39. The molecular weight excluding hydrogens is 293 g/mol. The van der Waals surface area contributed by atoms with Gasteiger partial charge in [-0.15, -0.1) is 0 Å². The van der Waals surface area contributed by atoms with Crippen molar-refractivity contribution < 1.29 is 8.91 Å². The quantitative estimate of drug-likeness (QED) is 0.943. The molecule has 0 radical (unpaired) electrons. The van der Waals surface area contributed by atoms with Crippen LogP contribution in [0.4, 0.5) is 4.39 Å². The minimum Gasteiger partial charge on any atom is -0.339 e. The van der Waals surface area contributed by atoms with E-state index in [0.717, 1.165) is 32.4 Å². The van der Waals surface area contributed by atoms with Gasteiger partial charge in [0.1, 0.15) is 5.82 Å². The maximum absolute atomic E-state index is 13.8. The Morgan fingerprint density at radius 3 is 2.95 bits per heavy atom. The third-order valence-electron chi connectivity index (χ3n) is 3.81. The third-order valence-corrected chi connectivity index (χ3v) is 4.10. The van der Waals surface area contributed by atoms with Crippen LogP contribution in [0.3, 0.4) is 0 Å². The van der Waals surface area contributed by atoms with Crippen LogP contribution in [0.2, 0.25) is 5.02 Å². The second kappa shape index (κ2) is 6.54. The first-order valence-corrected chi connectivity index (χ1v) is 7.55. The predicted octanol–water partition coefficient (Wildman–Crippen LogP) is 3.00. The lowest BCUT2D eigenvalue weighted by Crippen LogP contribution is -2.28. The summed E-state index contributed by atoms with van der Waals surface area (Å²) in [5, 5.41) is 7.38. The number of nitrogens with one attached hydrogen (secondary N) is 1. The fourth-order valence-corrected chi connectivity index (χ4v) is 2.83. The fraction of sp³-hybridized carbons (Fsp3) is 0.467. The molecule has 112 valence electrons. The van der Waals surface area contributed by atoms with Crippen LogP contribution in [-0.4, -0.2) is 23.2 Å². The Morgan fingerprint density at radius 1 is 1.33 bits per heavy atom. The highest BCUT2D eigenvalue weighted by molar-refractivity contribution is 6.30. The zero-order valence-corrected chi connectivity index (χ0v) is 12.4. The van der Waals surface area contributed by atoms with Crippen LogP contribution in [0.5, 0.6) is 0 Å². The van der Waals surface area contributed by atoms with Crippen molar-refractivity contribution in [3.8, 4) is 0 Å². The maximum Gasteiger partial charge on any atom is 0.226 e. The lowest BCUT2D eigenvalue weighted by atomic mass is 9.95. The SMILES string of the molecule is Fc1c(Cl)cccc1Cc1noc(CC2CCNCC2)n1. The Balaban J connectivity index is 1.66.